The maximum Gasteiger partial charge on any atom is 0.323 e. The van der Waals surface area contributed by atoms with Gasteiger partial charge in [0.1, 0.15) is 11.5 Å². The molecule has 0 bridgehead atoms. The Morgan fingerprint density at radius 3 is 2.28 bits per heavy atom. The van der Waals surface area contributed by atoms with Crippen molar-refractivity contribution >= 4 is 51.4 Å². The minimum Gasteiger partial charge on any atom is -0.508 e. The van der Waals surface area contributed by atoms with E-state index in [1.165, 1.54) is 7.11 Å². The van der Waals surface area contributed by atoms with E-state index in [1.54, 1.807) is 36.4 Å². The summed E-state index contributed by atoms with van der Waals surface area (Å²) in [5, 5.41) is 17.9. The van der Waals surface area contributed by atoms with Crippen LogP contribution in [0.1, 0.15) is 25.0 Å². The Bertz CT molecular complexity index is 1050. The average Bonchev–Trinajstić information content (AvgIpc) is 2.69. The zero-order valence-electron chi connectivity index (χ0n) is 17.0. The third-order valence-electron chi connectivity index (χ3n) is 4.23. The monoisotopic (exact) mass is 434 g/mol. The fourth-order valence-corrected chi connectivity index (χ4v) is 3.34. The molecule has 0 aliphatic heterocycles. The van der Waals surface area contributed by atoms with Gasteiger partial charge in [-0.3, -0.25) is 0 Å². The summed E-state index contributed by atoms with van der Waals surface area (Å²) in [5.74, 6) is 0.540. The van der Waals surface area contributed by atoms with Gasteiger partial charge in [0.15, 0.2) is 0 Å². The zero-order chi connectivity index (χ0) is 21.7. The molecule has 3 aromatic rings. The number of phenolic OH excluding ortho intramolecular Hbond substituents is 1. The maximum absolute atomic E-state index is 12.6. The van der Waals surface area contributed by atoms with Crippen molar-refractivity contribution in [3.05, 3.63) is 57.6 Å². The molecule has 3 N–H and O–H groups in total. The van der Waals surface area contributed by atoms with Crippen LogP contribution in [0.4, 0.5) is 16.2 Å². The van der Waals surface area contributed by atoms with Crippen LogP contribution in [0.15, 0.2) is 36.4 Å². The van der Waals surface area contributed by atoms with Crippen LogP contribution >= 0.6 is 23.2 Å². The summed E-state index contributed by atoms with van der Waals surface area (Å²) in [6, 6.07) is 9.52. The fraction of sp³-hybridized carbons (Fsp3) is 0.227. The number of methoxy groups -OCH3 is 1. The zero-order valence-corrected chi connectivity index (χ0v) is 18.5. The summed E-state index contributed by atoms with van der Waals surface area (Å²) in [6.07, 6.45) is 0. The molecule has 29 heavy (non-hydrogen) atoms. The minimum absolute atomic E-state index is 0.0858. The first kappa shape index (κ1) is 22.7. The molecule has 0 spiro atoms. The van der Waals surface area contributed by atoms with E-state index >= 15 is 0 Å². The Kier molecular flexibility index (Phi) is 7.59. The molecule has 154 valence electrons. The third kappa shape index (κ3) is 5.05. The van der Waals surface area contributed by atoms with Gasteiger partial charge in [0, 0.05) is 26.9 Å². The van der Waals surface area contributed by atoms with Gasteiger partial charge in [-0.25, -0.2) is 4.79 Å². The number of hydrogen-bond donors (Lipinski definition) is 3. The van der Waals surface area contributed by atoms with Crippen LogP contribution in [0.3, 0.4) is 0 Å². The van der Waals surface area contributed by atoms with E-state index < -0.39 is 6.03 Å². The molecule has 2 amide bonds. The predicted molar refractivity (Wildman–Crippen MR) is 122 cm³/mol. The number of carbonyl (C=O) groups excluding carboxylic acids is 1. The number of halogens is 2. The van der Waals surface area contributed by atoms with Crippen molar-refractivity contribution in [2.24, 2.45) is 0 Å². The van der Waals surface area contributed by atoms with Gasteiger partial charge in [0.2, 0.25) is 0 Å². The molecule has 0 aromatic heterocycles. The summed E-state index contributed by atoms with van der Waals surface area (Å²) in [4.78, 5) is 12.6. The molecule has 5 nitrogen and oxygen atoms in total. The number of benzene rings is 3. The first-order valence-corrected chi connectivity index (χ1v) is 9.89. The highest BCUT2D eigenvalue weighted by molar-refractivity contribution is 6.36. The number of urea groups is 1. The van der Waals surface area contributed by atoms with Crippen LogP contribution in [0, 0.1) is 13.8 Å². The second kappa shape index (κ2) is 9.72. The molecule has 0 heterocycles. The highest BCUT2D eigenvalue weighted by Gasteiger charge is 2.15. The van der Waals surface area contributed by atoms with Crippen LogP contribution < -0.4 is 15.4 Å². The van der Waals surface area contributed by atoms with Crippen LogP contribution in [0.25, 0.3) is 10.8 Å². The lowest BCUT2D eigenvalue weighted by molar-refractivity contribution is 0.262. The number of carbonyl (C=O) groups is 1. The van der Waals surface area contributed by atoms with Gasteiger partial charge < -0.3 is 20.5 Å². The highest BCUT2D eigenvalue weighted by atomic mass is 35.5. The van der Waals surface area contributed by atoms with Gasteiger partial charge in [0.05, 0.1) is 18.5 Å². The van der Waals surface area contributed by atoms with E-state index in [4.69, 9.17) is 27.9 Å². The number of phenols is 1. The predicted octanol–water partition coefficient (Wildman–Crippen LogP) is 7.15. The van der Waals surface area contributed by atoms with Crippen LogP contribution in [0.2, 0.25) is 10.0 Å². The normalized spacial score (nSPS) is 10.2. The molecule has 0 aliphatic rings. The molecule has 0 aliphatic carbocycles. The van der Waals surface area contributed by atoms with Crippen molar-refractivity contribution in [3.8, 4) is 11.5 Å². The highest BCUT2D eigenvalue weighted by Crippen LogP contribution is 2.36. The summed E-state index contributed by atoms with van der Waals surface area (Å²) >= 11 is 12.4. The van der Waals surface area contributed by atoms with Crippen LogP contribution in [0.5, 0.6) is 11.5 Å². The maximum atomic E-state index is 12.6. The second-order valence-electron chi connectivity index (χ2n) is 6.16. The van der Waals surface area contributed by atoms with Gasteiger partial charge in [0.25, 0.3) is 0 Å². The van der Waals surface area contributed by atoms with E-state index in [0.717, 1.165) is 16.5 Å². The quantitative estimate of drug-likeness (QED) is 0.409. The lowest BCUT2D eigenvalue weighted by Gasteiger charge is -2.16. The molecular formula is C22H24Cl2N2O3. The van der Waals surface area contributed by atoms with Crippen molar-refractivity contribution in [3.63, 3.8) is 0 Å². The smallest absolute Gasteiger partial charge is 0.323 e. The largest absolute Gasteiger partial charge is 0.508 e. The number of aromatic hydroxyl groups is 1. The standard InChI is InChI=1S/C20H18Cl2N2O3.C2H6/c1-10-7-17(18(27-3)9-15(10)21)23-20(26)24-19-11(2)6-16(22)13-5-4-12(25)8-14(13)19;1-2/h4-9,25H,1-3H3,(H2,23,24,26);1-2H3. The molecule has 0 saturated heterocycles. The Morgan fingerprint density at radius 1 is 0.931 bits per heavy atom. The van der Waals surface area contributed by atoms with Crippen molar-refractivity contribution in [2.45, 2.75) is 27.7 Å². The lowest BCUT2D eigenvalue weighted by Crippen LogP contribution is -2.20. The Balaban J connectivity index is 0.00000145. The van der Waals surface area contributed by atoms with Gasteiger partial charge in [-0.1, -0.05) is 37.0 Å². The van der Waals surface area contributed by atoms with Gasteiger partial charge >= 0.3 is 6.03 Å². The van der Waals surface area contributed by atoms with Crippen molar-refractivity contribution in [1.29, 1.82) is 0 Å². The lowest BCUT2D eigenvalue weighted by atomic mass is 10.0. The number of hydrogen-bond acceptors (Lipinski definition) is 3. The van der Waals surface area contributed by atoms with E-state index in [2.05, 4.69) is 10.6 Å². The molecule has 0 fully saturated rings. The van der Waals surface area contributed by atoms with Crippen molar-refractivity contribution in [1.82, 2.24) is 0 Å². The molecular weight excluding hydrogens is 411 g/mol. The molecule has 0 saturated carbocycles. The topological polar surface area (TPSA) is 70.6 Å². The first-order valence-electron chi connectivity index (χ1n) is 9.14. The van der Waals surface area contributed by atoms with Crippen LogP contribution in [-0.2, 0) is 0 Å². The number of anilines is 2. The molecule has 0 atom stereocenters. The molecule has 0 unspecified atom stereocenters. The second-order valence-corrected chi connectivity index (χ2v) is 6.98. The Hall–Kier alpha value is -2.63. The Morgan fingerprint density at radius 2 is 1.62 bits per heavy atom. The average molecular weight is 435 g/mol. The fourth-order valence-electron chi connectivity index (χ4n) is 2.86. The van der Waals surface area contributed by atoms with E-state index in [0.29, 0.717) is 32.6 Å². The summed E-state index contributed by atoms with van der Waals surface area (Å²) in [7, 11) is 1.50. The third-order valence-corrected chi connectivity index (χ3v) is 4.95. The van der Waals surface area contributed by atoms with Gasteiger partial charge in [-0.15, -0.1) is 0 Å². The molecule has 0 radical (unpaired) electrons. The van der Waals surface area contributed by atoms with Gasteiger partial charge in [-0.05, 0) is 55.3 Å². The van der Waals surface area contributed by atoms with Crippen molar-refractivity contribution < 1.29 is 14.6 Å². The number of ether oxygens (including phenoxy) is 1. The summed E-state index contributed by atoms with van der Waals surface area (Å²) in [6.45, 7) is 7.67. The molecule has 3 rings (SSSR count). The number of rotatable bonds is 3. The van der Waals surface area contributed by atoms with Crippen LogP contribution in [-0.4, -0.2) is 18.2 Å². The SMILES string of the molecule is CC.COc1cc(Cl)c(C)cc1NC(=O)Nc1c(C)cc(Cl)c2ccc(O)cc12. The Labute approximate surface area is 180 Å². The van der Waals surface area contributed by atoms with E-state index in [1.807, 2.05) is 27.7 Å². The van der Waals surface area contributed by atoms with Gasteiger partial charge in [-0.2, -0.15) is 0 Å². The minimum atomic E-state index is -0.454. The first-order chi connectivity index (χ1) is 13.8. The van der Waals surface area contributed by atoms with Crippen molar-refractivity contribution in [2.75, 3.05) is 17.7 Å². The van der Waals surface area contributed by atoms with E-state index in [-0.39, 0.29) is 5.75 Å². The summed E-state index contributed by atoms with van der Waals surface area (Å²) < 4.78 is 5.28. The summed E-state index contributed by atoms with van der Waals surface area (Å²) in [5.41, 5.74) is 2.64. The van der Waals surface area contributed by atoms with E-state index in [9.17, 15) is 9.90 Å². The molecule has 3 aromatic carbocycles. The number of fused-ring (bicyclic) bond motifs is 1. The molecule has 7 heteroatoms. The number of nitrogens with one attached hydrogen (secondary N) is 2. The number of aryl methyl sites for hydroxylation is 2. The number of amides is 2.